The molecule has 19 heavy (non-hydrogen) atoms. The van der Waals surface area contributed by atoms with Crippen molar-refractivity contribution in [2.45, 2.75) is 45.6 Å². The van der Waals surface area contributed by atoms with Gasteiger partial charge in [0, 0.05) is 6.42 Å². The summed E-state index contributed by atoms with van der Waals surface area (Å²) in [6.07, 6.45) is 0.697. The smallest absolute Gasteiger partial charge is 0.326 e. The van der Waals surface area contributed by atoms with Gasteiger partial charge in [0.25, 0.3) is 0 Å². The third-order valence-corrected chi connectivity index (χ3v) is 3.63. The fraction of sp³-hybridized carbons (Fsp3) is 0.467. The molecule has 1 amide bonds. The van der Waals surface area contributed by atoms with E-state index >= 15 is 0 Å². The van der Waals surface area contributed by atoms with E-state index in [0.717, 1.165) is 16.8 Å². The van der Waals surface area contributed by atoms with Gasteiger partial charge >= 0.3 is 5.97 Å². The molecule has 1 aliphatic heterocycles. The third-order valence-electron chi connectivity index (χ3n) is 3.63. The minimum absolute atomic E-state index is 0.0939. The van der Waals surface area contributed by atoms with Gasteiger partial charge in [-0.2, -0.15) is 0 Å². The second kappa shape index (κ2) is 5.03. The highest BCUT2D eigenvalue weighted by Gasteiger charge is 2.38. The molecule has 1 aromatic carbocycles. The number of carboxylic acids is 1. The van der Waals surface area contributed by atoms with Gasteiger partial charge in [0.1, 0.15) is 6.04 Å². The molecule has 0 aliphatic carbocycles. The summed E-state index contributed by atoms with van der Waals surface area (Å²) in [6.45, 7) is 6.02. The number of amides is 1. The Balaban J connectivity index is 2.56. The number of aryl methyl sites for hydroxylation is 1. The van der Waals surface area contributed by atoms with E-state index in [1.54, 1.807) is 0 Å². The molecule has 0 aromatic heterocycles. The Morgan fingerprint density at radius 1 is 1.42 bits per heavy atom. The van der Waals surface area contributed by atoms with Gasteiger partial charge in [-0.3, -0.25) is 9.69 Å². The van der Waals surface area contributed by atoms with Crippen LogP contribution in [-0.2, 0) is 9.59 Å². The van der Waals surface area contributed by atoms with E-state index in [1.807, 2.05) is 25.1 Å². The number of carboxylic acid groups (broad SMARTS) is 1. The summed E-state index contributed by atoms with van der Waals surface area (Å²) in [5.74, 6) is -0.773. The summed E-state index contributed by atoms with van der Waals surface area (Å²) in [6, 6.07) is 5.11. The first-order chi connectivity index (χ1) is 8.93. The zero-order chi connectivity index (χ0) is 14.2. The Hall–Kier alpha value is -1.84. The van der Waals surface area contributed by atoms with Crippen LogP contribution < -0.4 is 4.90 Å². The number of rotatable bonds is 3. The highest BCUT2D eigenvalue weighted by atomic mass is 16.4. The fourth-order valence-electron chi connectivity index (χ4n) is 2.67. The second-order valence-electron chi connectivity index (χ2n) is 5.32. The Kier molecular flexibility index (Phi) is 3.60. The molecule has 4 heteroatoms. The van der Waals surface area contributed by atoms with Crippen LogP contribution in [0.2, 0.25) is 0 Å². The summed E-state index contributed by atoms with van der Waals surface area (Å²) in [5, 5.41) is 9.29. The molecule has 0 bridgehead atoms. The molecule has 102 valence electrons. The maximum Gasteiger partial charge on any atom is 0.326 e. The minimum atomic E-state index is -0.927. The van der Waals surface area contributed by atoms with Gasteiger partial charge in [-0.25, -0.2) is 4.79 Å². The van der Waals surface area contributed by atoms with Crippen LogP contribution in [0.4, 0.5) is 5.69 Å². The van der Waals surface area contributed by atoms with Crippen molar-refractivity contribution < 1.29 is 14.7 Å². The molecule has 0 spiro atoms. The van der Waals surface area contributed by atoms with Crippen LogP contribution in [0.3, 0.4) is 0 Å². The minimum Gasteiger partial charge on any atom is -0.480 e. The number of hydrogen-bond donors (Lipinski definition) is 1. The number of anilines is 1. The molecular weight excluding hydrogens is 242 g/mol. The van der Waals surface area contributed by atoms with Crippen LogP contribution in [0.15, 0.2) is 18.2 Å². The molecule has 1 heterocycles. The van der Waals surface area contributed by atoms with Gasteiger partial charge in [0.2, 0.25) is 5.91 Å². The maximum atomic E-state index is 12.1. The van der Waals surface area contributed by atoms with Gasteiger partial charge in [-0.05, 0) is 30.4 Å². The molecule has 1 saturated heterocycles. The van der Waals surface area contributed by atoms with Gasteiger partial charge in [-0.1, -0.05) is 32.0 Å². The number of carbonyl (C=O) groups is 2. The Labute approximate surface area is 113 Å². The van der Waals surface area contributed by atoms with Crippen molar-refractivity contribution >= 4 is 17.6 Å². The number of carbonyl (C=O) groups excluding carboxylic acids is 1. The molecule has 2 rings (SSSR count). The van der Waals surface area contributed by atoms with E-state index in [0.29, 0.717) is 12.8 Å². The highest BCUT2D eigenvalue weighted by Crippen LogP contribution is 2.36. The molecule has 1 aromatic rings. The average Bonchev–Trinajstić information content (AvgIpc) is 2.70. The Morgan fingerprint density at radius 3 is 2.68 bits per heavy atom. The number of para-hydroxylation sites is 1. The van der Waals surface area contributed by atoms with Crippen molar-refractivity contribution in [3.05, 3.63) is 29.3 Å². The summed E-state index contributed by atoms with van der Waals surface area (Å²) in [7, 11) is 0. The van der Waals surface area contributed by atoms with Crippen LogP contribution in [0, 0.1) is 6.92 Å². The van der Waals surface area contributed by atoms with Crippen LogP contribution in [0.25, 0.3) is 0 Å². The van der Waals surface area contributed by atoms with Gasteiger partial charge in [-0.15, -0.1) is 0 Å². The third kappa shape index (κ3) is 2.35. The predicted octanol–water partition coefficient (Wildman–Crippen LogP) is 2.70. The highest BCUT2D eigenvalue weighted by molar-refractivity contribution is 6.03. The molecule has 0 radical (unpaired) electrons. The second-order valence-corrected chi connectivity index (χ2v) is 5.32. The summed E-state index contributed by atoms with van der Waals surface area (Å²) >= 11 is 0. The van der Waals surface area contributed by atoms with Gasteiger partial charge < -0.3 is 5.11 Å². The van der Waals surface area contributed by atoms with E-state index in [-0.39, 0.29) is 11.8 Å². The lowest BCUT2D eigenvalue weighted by atomic mass is 9.97. The number of benzene rings is 1. The van der Waals surface area contributed by atoms with Crippen molar-refractivity contribution in [2.75, 3.05) is 4.90 Å². The average molecular weight is 261 g/mol. The molecule has 1 fully saturated rings. The maximum absolute atomic E-state index is 12.1. The summed E-state index contributed by atoms with van der Waals surface area (Å²) < 4.78 is 0. The van der Waals surface area contributed by atoms with E-state index in [1.165, 1.54) is 4.90 Å². The Morgan fingerprint density at radius 2 is 2.11 bits per heavy atom. The molecule has 1 aliphatic rings. The summed E-state index contributed by atoms with van der Waals surface area (Å²) in [5.41, 5.74) is 2.77. The first kappa shape index (κ1) is 13.6. The number of hydrogen-bond acceptors (Lipinski definition) is 2. The number of aliphatic carboxylic acids is 1. The molecule has 1 atom stereocenters. The topological polar surface area (TPSA) is 57.6 Å². The monoisotopic (exact) mass is 261 g/mol. The fourth-order valence-corrected chi connectivity index (χ4v) is 2.67. The first-order valence-electron chi connectivity index (χ1n) is 6.58. The van der Waals surface area contributed by atoms with Gasteiger partial charge in [0.05, 0.1) is 5.69 Å². The number of nitrogens with zero attached hydrogens (tertiary/aromatic N) is 1. The zero-order valence-corrected chi connectivity index (χ0v) is 11.5. The Bertz CT molecular complexity index is 522. The lowest BCUT2D eigenvalue weighted by Crippen LogP contribution is -2.39. The molecule has 1 unspecified atom stereocenters. The largest absolute Gasteiger partial charge is 0.480 e. The van der Waals surface area contributed by atoms with Crippen LogP contribution in [-0.4, -0.2) is 23.0 Å². The molecule has 4 nitrogen and oxygen atoms in total. The van der Waals surface area contributed by atoms with Crippen molar-refractivity contribution in [1.82, 2.24) is 0 Å². The van der Waals surface area contributed by atoms with Crippen molar-refractivity contribution in [3.8, 4) is 0 Å². The quantitative estimate of drug-likeness (QED) is 0.910. The molecule has 1 N–H and O–H groups in total. The van der Waals surface area contributed by atoms with Crippen LogP contribution >= 0.6 is 0 Å². The standard InChI is InChI=1S/C15H19NO3/c1-9(2)11-6-4-5-10(3)14(11)16-12(15(18)19)7-8-13(16)17/h4-6,9,12H,7-8H2,1-3H3,(H,18,19). The van der Waals surface area contributed by atoms with Crippen LogP contribution in [0.5, 0.6) is 0 Å². The lowest BCUT2D eigenvalue weighted by Gasteiger charge is -2.27. The van der Waals surface area contributed by atoms with Gasteiger partial charge in [0.15, 0.2) is 0 Å². The summed E-state index contributed by atoms with van der Waals surface area (Å²) in [4.78, 5) is 24.9. The zero-order valence-electron chi connectivity index (χ0n) is 11.5. The SMILES string of the molecule is Cc1cccc(C(C)C)c1N1C(=O)CCC1C(=O)O. The predicted molar refractivity (Wildman–Crippen MR) is 73.4 cm³/mol. The first-order valence-corrected chi connectivity index (χ1v) is 6.58. The van der Waals surface area contributed by atoms with E-state index in [2.05, 4.69) is 13.8 Å². The van der Waals surface area contributed by atoms with Crippen molar-refractivity contribution in [1.29, 1.82) is 0 Å². The van der Waals surface area contributed by atoms with E-state index in [4.69, 9.17) is 0 Å². The van der Waals surface area contributed by atoms with Crippen molar-refractivity contribution in [2.24, 2.45) is 0 Å². The molecular formula is C15H19NO3. The van der Waals surface area contributed by atoms with E-state index < -0.39 is 12.0 Å². The lowest BCUT2D eigenvalue weighted by molar-refractivity contribution is -0.138. The van der Waals surface area contributed by atoms with E-state index in [9.17, 15) is 14.7 Å². The normalized spacial score (nSPS) is 19.3. The van der Waals surface area contributed by atoms with Crippen LogP contribution in [0.1, 0.15) is 43.7 Å². The molecule has 0 saturated carbocycles. The van der Waals surface area contributed by atoms with Crippen molar-refractivity contribution in [3.63, 3.8) is 0 Å².